The van der Waals surface area contributed by atoms with Gasteiger partial charge in [0.2, 0.25) is 0 Å². The summed E-state index contributed by atoms with van der Waals surface area (Å²) in [7, 11) is 0. The standard InChI is InChI=1S/C9H15N5/c1-2-11-9(10)14-6-5-13-4-3-12-8(13)7-14/h3-4H,2,5-7H2,1H3,(H2,10,11). The summed E-state index contributed by atoms with van der Waals surface area (Å²) in [5, 5.41) is 0. The van der Waals surface area contributed by atoms with Gasteiger partial charge in [-0.2, -0.15) is 0 Å². The van der Waals surface area contributed by atoms with Gasteiger partial charge in [0.05, 0.1) is 6.54 Å². The molecule has 1 aromatic heterocycles. The number of rotatable bonds is 1. The van der Waals surface area contributed by atoms with Gasteiger partial charge in [0.25, 0.3) is 0 Å². The molecular weight excluding hydrogens is 178 g/mol. The maximum absolute atomic E-state index is 5.82. The predicted octanol–water partition coefficient (Wildman–Crippen LogP) is 0.0333. The molecule has 1 aromatic rings. The van der Waals surface area contributed by atoms with E-state index in [2.05, 4.69) is 19.4 Å². The first kappa shape index (κ1) is 9.05. The second-order valence-corrected chi connectivity index (χ2v) is 3.29. The molecule has 5 heteroatoms. The van der Waals surface area contributed by atoms with E-state index in [0.717, 1.165) is 32.0 Å². The lowest BCUT2D eigenvalue weighted by Gasteiger charge is -2.28. The van der Waals surface area contributed by atoms with Crippen molar-refractivity contribution in [3.63, 3.8) is 0 Å². The summed E-state index contributed by atoms with van der Waals surface area (Å²) in [5.41, 5.74) is 5.82. The molecular formula is C9H15N5. The molecule has 0 atom stereocenters. The topological polar surface area (TPSA) is 59.4 Å². The highest BCUT2D eigenvalue weighted by Crippen LogP contribution is 2.09. The molecule has 0 bridgehead atoms. The summed E-state index contributed by atoms with van der Waals surface area (Å²) < 4.78 is 2.15. The van der Waals surface area contributed by atoms with Crippen molar-refractivity contribution in [1.82, 2.24) is 14.5 Å². The highest BCUT2D eigenvalue weighted by Gasteiger charge is 2.17. The zero-order valence-electron chi connectivity index (χ0n) is 8.35. The molecule has 76 valence electrons. The number of aliphatic imine (C=N–C) groups is 1. The first-order valence-corrected chi connectivity index (χ1v) is 4.86. The molecule has 1 aliphatic heterocycles. The Morgan fingerprint density at radius 3 is 3.29 bits per heavy atom. The number of imidazole rings is 1. The molecule has 0 spiro atoms. The predicted molar refractivity (Wildman–Crippen MR) is 54.8 cm³/mol. The number of hydrogen-bond donors (Lipinski definition) is 1. The van der Waals surface area contributed by atoms with Gasteiger partial charge in [-0.3, -0.25) is 4.99 Å². The van der Waals surface area contributed by atoms with E-state index in [9.17, 15) is 0 Å². The van der Waals surface area contributed by atoms with Crippen LogP contribution in [0.1, 0.15) is 12.7 Å². The van der Waals surface area contributed by atoms with Gasteiger partial charge in [-0.25, -0.2) is 4.98 Å². The summed E-state index contributed by atoms with van der Waals surface area (Å²) in [6.45, 7) is 5.34. The monoisotopic (exact) mass is 193 g/mol. The van der Waals surface area contributed by atoms with Crippen LogP contribution in [0.4, 0.5) is 0 Å². The Kier molecular flexibility index (Phi) is 2.39. The number of fused-ring (bicyclic) bond motifs is 1. The van der Waals surface area contributed by atoms with Crippen molar-refractivity contribution >= 4 is 5.96 Å². The van der Waals surface area contributed by atoms with Crippen LogP contribution in [0.25, 0.3) is 0 Å². The molecule has 0 unspecified atom stereocenters. The van der Waals surface area contributed by atoms with Crippen LogP contribution in [0.2, 0.25) is 0 Å². The van der Waals surface area contributed by atoms with E-state index >= 15 is 0 Å². The summed E-state index contributed by atoms with van der Waals surface area (Å²) in [4.78, 5) is 10.5. The van der Waals surface area contributed by atoms with Crippen LogP contribution in [-0.2, 0) is 13.1 Å². The van der Waals surface area contributed by atoms with E-state index in [0.29, 0.717) is 5.96 Å². The van der Waals surface area contributed by atoms with Crippen LogP contribution >= 0.6 is 0 Å². The number of nitrogens with zero attached hydrogens (tertiary/aromatic N) is 4. The molecule has 2 rings (SSSR count). The largest absolute Gasteiger partial charge is 0.370 e. The van der Waals surface area contributed by atoms with Crippen molar-refractivity contribution in [2.45, 2.75) is 20.0 Å². The lowest BCUT2D eigenvalue weighted by Crippen LogP contribution is -2.42. The van der Waals surface area contributed by atoms with Crippen molar-refractivity contribution in [1.29, 1.82) is 0 Å². The van der Waals surface area contributed by atoms with E-state index in [1.54, 1.807) is 0 Å². The quantitative estimate of drug-likeness (QED) is 0.506. The lowest BCUT2D eigenvalue weighted by atomic mass is 10.4. The Bertz CT molecular complexity index is 341. The zero-order chi connectivity index (χ0) is 9.97. The van der Waals surface area contributed by atoms with Crippen LogP contribution < -0.4 is 5.73 Å². The summed E-state index contributed by atoms with van der Waals surface area (Å²) >= 11 is 0. The molecule has 0 fully saturated rings. The fraction of sp³-hybridized carbons (Fsp3) is 0.556. The molecule has 0 aromatic carbocycles. The molecule has 0 saturated heterocycles. The van der Waals surface area contributed by atoms with Gasteiger partial charge < -0.3 is 15.2 Å². The van der Waals surface area contributed by atoms with E-state index in [4.69, 9.17) is 5.73 Å². The van der Waals surface area contributed by atoms with Crippen LogP contribution in [0.5, 0.6) is 0 Å². The third-order valence-electron chi connectivity index (χ3n) is 2.39. The Hall–Kier alpha value is -1.52. The number of aromatic nitrogens is 2. The number of nitrogens with two attached hydrogens (primary N) is 1. The molecule has 1 aliphatic rings. The van der Waals surface area contributed by atoms with Crippen LogP contribution in [-0.4, -0.2) is 33.5 Å². The van der Waals surface area contributed by atoms with E-state index < -0.39 is 0 Å². The Morgan fingerprint density at radius 1 is 1.64 bits per heavy atom. The van der Waals surface area contributed by atoms with Crippen molar-refractivity contribution < 1.29 is 0 Å². The number of hydrogen-bond acceptors (Lipinski definition) is 2. The smallest absolute Gasteiger partial charge is 0.191 e. The average molecular weight is 193 g/mol. The van der Waals surface area contributed by atoms with Crippen LogP contribution in [0, 0.1) is 0 Å². The van der Waals surface area contributed by atoms with Crippen molar-refractivity contribution in [3.05, 3.63) is 18.2 Å². The van der Waals surface area contributed by atoms with Gasteiger partial charge in [0, 0.05) is 32.0 Å². The Morgan fingerprint density at radius 2 is 2.50 bits per heavy atom. The van der Waals surface area contributed by atoms with Crippen molar-refractivity contribution in [2.75, 3.05) is 13.1 Å². The third-order valence-corrected chi connectivity index (χ3v) is 2.39. The Balaban J connectivity index is 2.11. The summed E-state index contributed by atoms with van der Waals surface area (Å²) in [5.74, 6) is 1.69. The van der Waals surface area contributed by atoms with E-state index in [1.807, 2.05) is 19.3 Å². The van der Waals surface area contributed by atoms with Crippen LogP contribution in [0.15, 0.2) is 17.4 Å². The zero-order valence-corrected chi connectivity index (χ0v) is 8.35. The third kappa shape index (κ3) is 1.57. The SMILES string of the molecule is CCN=C(N)N1CCn2ccnc2C1. The minimum absolute atomic E-state index is 0.627. The van der Waals surface area contributed by atoms with E-state index in [1.165, 1.54) is 0 Å². The maximum Gasteiger partial charge on any atom is 0.191 e. The van der Waals surface area contributed by atoms with Crippen molar-refractivity contribution in [2.24, 2.45) is 10.7 Å². The molecule has 0 amide bonds. The van der Waals surface area contributed by atoms with Gasteiger partial charge in [-0.1, -0.05) is 0 Å². The van der Waals surface area contributed by atoms with Gasteiger partial charge in [0.1, 0.15) is 5.82 Å². The second-order valence-electron chi connectivity index (χ2n) is 3.29. The highest BCUT2D eigenvalue weighted by atomic mass is 15.3. The fourth-order valence-corrected chi connectivity index (χ4v) is 1.63. The first-order chi connectivity index (χ1) is 6.81. The molecule has 5 nitrogen and oxygen atoms in total. The van der Waals surface area contributed by atoms with Gasteiger partial charge in [0.15, 0.2) is 5.96 Å². The molecule has 2 N–H and O–H groups in total. The molecule has 0 aliphatic carbocycles. The fourth-order valence-electron chi connectivity index (χ4n) is 1.63. The molecule has 14 heavy (non-hydrogen) atoms. The van der Waals surface area contributed by atoms with E-state index in [-0.39, 0.29) is 0 Å². The number of guanidine groups is 1. The average Bonchev–Trinajstić information content (AvgIpc) is 2.64. The maximum atomic E-state index is 5.82. The molecule has 0 saturated carbocycles. The highest BCUT2D eigenvalue weighted by molar-refractivity contribution is 5.78. The van der Waals surface area contributed by atoms with Gasteiger partial charge in [-0.05, 0) is 6.92 Å². The van der Waals surface area contributed by atoms with Crippen molar-refractivity contribution in [3.8, 4) is 0 Å². The normalized spacial score (nSPS) is 16.9. The van der Waals surface area contributed by atoms with Gasteiger partial charge in [-0.15, -0.1) is 0 Å². The van der Waals surface area contributed by atoms with Crippen LogP contribution in [0.3, 0.4) is 0 Å². The molecule has 0 radical (unpaired) electrons. The first-order valence-electron chi connectivity index (χ1n) is 4.86. The lowest BCUT2D eigenvalue weighted by molar-refractivity contribution is 0.326. The Labute approximate surface area is 83.2 Å². The minimum Gasteiger partial charge on any atom is -0.370 e. The second kappa shape index (κ2) is 3.69. The summed E-state index contributed by atoms with van der Waals surface area (Å²) in [6.07, 6.45) is 3.83. The summed E-state index contributed by atoms with van der Waals surface area (Å²) in [6, 6.07) is 0. The molecule has 2 heterocycles. The van der Waals surface area contributed by atoms with Gasteiger partial charge >= 0.3 is 0 Å². The minimum atomic E-state index is 0.627.